The van der Waals surface area contributed by atoms with E-state index in [0.29, 0.717) is 18.2 Å². The normalized spacial score (nSPS) is 17.6. The second-order valence-electron chi connectivity index (χ2n) is 8.11. The van der Waals surface area contributed by atoms with Crippen LogP contribution in [0.4, 0.5) is 0 Å². The maximum atomic E-state index is 12.4. The second kappa shape index (κ2) is 10.3. The lowest BCUT2D eigenvalue weighted by atomic mass is 10.1. The average molecular weight is 417 g/mol. The van der Waals surface area contributed by atoms with Gasteiger partial charge in [0.1, 0.15) is 0 Å². The molecule has 2 heterocycles. The van der Waals surface area contributed by atoms with Gasteiger partial charge in [-0.15, -0.1) is 0 Å². The number of carbonyl (C=O) groups excluding carboxylic acids is 1. The molecule has 158 valence electrons. The number of carbonyl (C=O) groups is 1. The molecule has 0 aliphatic carbocycles. The highest BCUT2D eigenvalue weighted by molar-refractivity contribution is 7.99. The Kier molecular flexibility index (Phi) is 7.75. The number of nitrogens with zero attached hydrogens (tertiary/aromatic N) is 3. The summed E-state index contributed by atoms with van der Waals surface area (Å²) in [4.78, 5) is 19.2. The number of imidazole rings is 1. The second-order valence-corrected chi connectivity index (χ2v) is 9.05. The van der Waals surface area contributed by atoms with Gasteiger partial charge in [0.25, 0.3) is 0 Å². The standard InChI is InChI=1S/C22H32N4O2S/c1-16(2)13-25-9-10-28-19(14-25)12-24-21(27)15-29-22-23-7-8-26(22)20-11-17(3)5-6-18(20)4/h5-8,11,16,19H,9-10,12-15H2,1-4H3,(H,24,27). The third kappa shape index (κ3) is 6.32. The van der Waals surface area contributed by atoms with Gasteiger partial charge in [-0.2, -0.15) is 0 Å². The van der Waals surface area contributed by atoms with Crippen molar-refractivity contribution in [3.8, 4) is 5.69 Å². The van der Waals surface area contributed by atoms with E-state index in [0.717, 1.165) is 37.1 Å². The van der Waals surface area contributed by atoms with Gasteiger partial charge in [-0.05, 0) is 37.0 Å². The van der Waals surface area contributed by atoms with Gasteiger partial charge in [0.05, 0.1) is 24.2 Å². The van der Waals surface area contributed by atoms with Gasteiger partial charge in [0.15, 0.2) is 5.16 Å². The van der Waals surface area contributed by atoms with E-state index in [2.05, 4.69) is 61.1 Å². The molecule has 0 spiro atoms. The van der Waals surface area contributed by atoms with E-state index in [4.69, 9.17) is 4.74 Å². The monoisotopic (exact) mass is 416 g/mol. The minimum absolute atomic E-state index is 0.00935. The molecule has 6 nitrogen and oxygen atoms in total. The highest BCUT2D eigenvalue weighted by atomic mass is 32.2. The molecule has 1 atom stereocenters. The first-order valence-corrected chi connectivity index (χ1v) is 11.3. The minimum atomic E-state index is 0.00935. The number of aryl methyl sites for hydroxylation is 2. The molecule has 29 heavy (non-hydrogen) atoms. The molecule has 0 saturated carbocycles. The molecule has 0 bridgehead atoms. The number of thioether (sulfide) groups is 1. The van der Waals surface area contributed by atoms with Crippen molar-refractivity contribution in [2.45, 2.75) is 39.0 Å². The van der Waals surface area contributed by atoms with Gasteiger partial charge in [0, 0.05) is 38.6 Å². The fourth-order valence-corrected chi connectivity index (χ4v) is 4.35. The summed E-state index contributed by atoms with van der Waals surface area (Å²) in [5, 5.41) is 3.84. The van der Waals surface area contributed by atoms with Crippen molar-refractivity contribution in [1.82, 2.24) is 19.8 Å². The molecule has 7 heteroatoms. The molecular weight excluding hydrogens is 384 g/mol. The molecule has 1 saturated heterocycles. The van der Waals surface area contributed by atoms with Crippen molar-refractivity contribution in [3.05, 3.63) is 41.7 Å². The summed E-state index contributed by atoms with van der Waals surface area (Å²) in [6.07, 6.45) is 3.79. The van der Waals surface area contributed by atoms with Crippen LogP contribution >= 0.6 is 11.8 Å². The SMILES string of the molecule is Cc1ccc(C)c(-n2ccnc2SCC(=O)NCC2CN(CC(C)C)CCO2)c1. The lowest BCUT2D eigenvalue weighted by Gasteiger charge is -2.33. The van der Waals surface area contributed by atoms with Crippen LogP contribution < -0.4 is 5.32 Å². The number of hydrogen-bond acceptors (Lipinski definition) is 5. The number of ether oxygens (including phenoxy) is 1. The number of hydrogen-bond donors (Lipinski definition) is 1. The van der Waals surface area contributed by atoms with Gasteiger partial charge in [0.2, 0.25) is 5.91 Å². The Hall–Kier alpha value is -1.83. The quantitative estimate of drug-likeness (QED) is 0.670. The van der Waals surface area contributed by atoms with Gasteiger partial charge >= 0.3 is 0 Å². The van der Waals surface area contributed by atoms with E-state index in [9.17, 15) is 4.79 Å². The number of benzene rings is 1. The van der Waals surface area contributed by atoms with Crippen LogP contribution in [-0.2, 0) is 9.53 Å². The molecule has 1 fully saturated rings. The summed E-state index contributed by atoms with van der Waals surface area (Å²) in [6.45, 7) is 12.8. The predicted octanol–water partition coefficient (Wildman–Crippen LogP) is 3.05. The molecule has 1 aliphatic rings. The van der Waals surface area contributed by atoms with Crippen molar-refractivity contribution in [2.75, 3.05) is 38.5 Å². The fourth-order valence-electron chi connectivity index (χ4n) is 3.55. The number of rotatable bonds is 8. The predicted molar refractivity (Wildman–Crippen MR) is 118 cm³/mol. The fraction of sp³-hybridized carbons (Fsp3) is 0.545. The molecule has 1 aliphatic heterocycles. The lowest BCUT2D eigenvalue weighted by Crippen LogP contribution is -2.48. The van der Waals surface area contributed by atoms with Gasteiger partial charge < -0.3 is 10.1 Å². The maximum absolute atomic E-state index is 12.4. The topological polar surface area (TPSA) is 59.4 Å². The molecule has 3 rings (SSSR count). The van der Waals surface area contributed by atoms with Crippen LogP contribution in [0.2, 0.25) is 0 Å². The molecule has 1 aromatic carbocycles. The van der Waals surface area contributed by atoms with Gasteiger partial charge in [-0.1, -0.05) is 37.7 Å². The average Bonchev–Trinajstić information content (AvgIpc) is 3.15. The largest absolute Gasteiger partial charge is 0.374 e. The Labute approximate surface area is 178 Å². The van der Waals surface area contributed by atoms with Crippen molar-refractivity contribution >= 4 is 17.7 Å². The highest BCUT2D eigenvalue weighted by Gasteiger charge is 2.21. The van der Waals surface area contributed by atoms with Crippen molar-refractivity contribution in [3.63, 3.8) is 0 Å². The molecular formula is C22H32N4O2S. The van der Waals surface area contributed by atoms with Crippen molar-refractivity contribution < 1.29 is 9.53 Å². The number of aromatic nitrogens is 2. The first-order chi connectivity index (χ1) is 13.9. The zero-order valence-electron chi connectivity index (χ0n) is 17.9. The summed E-state index contributed by atoms with van der Waals surface area (Å²) in [6, 6.07) is 6.36. The minimum Gasteiger partial charge on any atom is -0.374 e. The lowest BCUT2D eigenvalue weighted by molar-refractivity contribution is -0.119. The zero-order chi connectivity index (χ0) is 20.8. The summed E-state index contributed by atoms with van der Waals surface area (Å²) < 4.78 is 7.86. The Balaban J connectivity index is 1.49. The Morgan fingerprint density at radius 3 is 3.00 bits per heavy atom. The first kappa shape index (κ1) is 21.9. The highest BCUT2D eigenvalue weighted by Crippen LogP contribution is 2.23. The van der Waals surface area contributed by atoms with Crippen molar-refractivity contribution in [2.24, 2.45) is 5.92 Å². The van der Waals surface area contributed by atoms with Crippen LogP contribution in [0.3, 0.4) is 0 Å². The van der Waals surface area contributed by atoms with Gasteiger partial charge in [-0.25, -0.2) is 4.98 Å². The van der Waals surface area contributed by atoms with E-state index in [1.165, 1.54) is 22.9 Å². The third-order valence-corrected chi connectivity index (χ3v) is 5.90. The summed E-state index contributed by atoms with van der Waals surface area (Å²) in [5.41, 5.74) is 3.48. The number of morpholine rings is 1. The molecule has 2 aromatic rings. The molecule has 0 radical (unpaired) electrons. The van der Waals surface area contributed by atoms with Crippen LogP contribution in [-0.4, -0.2) is 65.0 Å². The van der Waals surface area contributed by atoms with Crippen molar-refractivity contribution in [1.29, 1.82) is 0 Å². The summed E-state index contributed by atoms with van der Waals surface area (Å²) in [7, 11) is 0. The van der Waals surface area contributed by atoms with E-state index in [1.54, 1.807) is 6.20 Å². The maximum Gasteiger partial charge on any atom is 0.230 e. The molecule has 1 N–H and O–H groups in total. The van der Waals surface area contributed by atoms with E-state index in [1.807, 2.05) is 10.8 Å². The van der Waals surface area contributed by atoms with Crippen LogP contribution in [0.15, 0.2) is 35.7 Å². The Morgan fingerprint density at radius 2 is 2.21 bits per heavy atom. The Bertz CT molecular complexity index is 821. The molecule has 1 amide bonds. The van der Waals surface area contributed by atoms with E-state index in [-0.39, 0.29) is 12.0 Å². The summed E-state index contributed by atoms with van der Waals surface area (Å²) >= 11 is 1.46. The summed E-state index contributed by atoms with van der Waals surface area (Å²) in [5.74, 6) is 0.986. The van der Waals surface area contributed by atoms with E-state index >= 15 is 0 Å². The number of nitrogens with one attached hydrogen (secondary N) is 1. The van der Waals surface area contributed by atoms with Crippen LogP contribution in [0.5, 0.6) is 0 Å². The first-order valence-electron chi connectivity index (χ1n) is 10.3. The third-order valence-electron chi connectivity index (χ3n) is 4.94. The van der Waals surface area contributed by atoms with Crippen LogP contribution in [0.1, 0.15) is 25.0 Å². The van der Waals surface area contributed by atoms with Gasteiger partial charge in [-0.3, -0.25) is 14.3 Å². The van der Waals surface area contributed by atoms with E-state index < -0.39 is 0 Å². The van der Waals surface area contributed by atoms with Crippen LogP contribution in [0.25, 0.3) is 5.69 Å². The smallest absolute Gasteiger partial charge is 0.230 e. The Morgan fingerprint density at radius 1 is 1.38 bits per heavy atom. The molecule has 1 aromatic heterocycles. The zero-order valence-corrected chi connectivity index (χ0v) is 18.7. The molecule has 1 unspecified atom stereocenters. The number of amides is 1. The van der Waals surface area contributed by atoms with Crippen LogP contribution in [0, 0.1) is 19.8 Å².